The van der Waals surface area contributed by atoms with Gasteiger partial charge in [0.05, 0.1) is 68.9 Å². The van der Waals surface area contributed by atoms with Gasteiger partial charge in [-0.3, -0.25) is 9.36 Å². The van der Waals surface area contributed by atoms with Gasteiger partial charge in [-0.15, -0.1) is 22.7 Å². The molecule has 53 heavy (non-hydrogen) atoms. The van der Waals surface area contributed by atoms with Gasteiger partial charge >= 0.3 is 0 Å². The zero-order chi connectivity index (χ0) is 36.3. The van der Waals surface area contributed by atoms with Crippen LogP contribution in [0.5, 0.6) is 11.5 Å². The number of nitrogen functional groups attached to an aromatic ring is 1. The van der Waals surface area contributed by atoms with E-state index in [2.05, 4.69) is 51.6 Å². The summed E-state index contributed by atoms with van der Waals surface area (Å²) >= 11 is 3.29. The van der Waals surface area contributed by atoms with Gasteiger partial charge in [-0.25, -0.2) is 24.3 Å². The van der Waals surface area contributed by atoms with Crippen molar-refractivity contribution < 1.29 is 13.9 Å². The highest BCUT2D eigenvalue weighted by Gasteiger charge is 2.24. The predicted octanol–water partition coefficient (Wildman–Crippen LogP) is 7.21. The normalized spacial score (nSPS) is 13.0. The molecule has 0 saturated heterocycles. The van der Waals surface area contributed by atoms with Gasteiger partial charge < -0.3 is 15.2 Å². The van der Waals surface area contributed by atoms with Gasteiger partial charge in [0, 0.05) is 33.3 Å². The second kappa shape index (κ2) is 15.2. The number of hydrogen-bond acceptors (Lipinski definition) is 11. The molecule has 2 aromatic carbocycles. The topological polar surface area (TPSA) is 132 Å². The number of aryl methyl sites for hydroxylation is 4. The maximum atomic E-state index is 13.1. The maximum absolute atomic E-state index is 13.1. The van der Waals surface area contributed by atoms with E-state index in [-0.39, 0.29) is 0 Å². The summed E-state index contributed by atoms with van der Waals surface area (Å²) in [5, 5.41) is 11.2. The molecule has 0 atom stereocenters. The maximum Gasteiger partial charge on any atom is 0.180 e. The third-order valence-electron chi connectivity index (χ3n) is 9.27. The van der Waals surface area contributed by atoms with Crippen molar-refractivity contribution in [2.24, 2.45) is 0 Å². The number of ether oxygens (including phenoxy) is 2. The summed E-state index contributed by atoms with van der Waals surface area (Å²) < 4.78 is 27.5. The Kier molecular flexibility index (Phi) is 9.96. The molecule has 0 bridgehead atoms. The molecule has 5 aromatic heterocycles. The van der Waals surface area contributed by atoms with E-state index < -0.39 is 5.82 Å². The second-order valence-electron chi connectivity index (χ2n) is 13.0. The van der Waals surface area contributed by atoms with E-state index in [0.29, 0.717) is 23.9 Å². The Bertz CT molecular complexity index is 2330. The SMILES string of the molecule is COc1ccc(Cn2cc3c(n2)CCCc2sc(Cc4ncc(F)cn4)nc2-3)cc1.COc1ccc(Cn2cc3c(n2)CCCc2sc(N)nc2-3)cc1. The van der Waals surface area contributed by atoms with Crippen LogP contribution in [-0.4, -0.2) is 53.7 Å². The lowest BCUT2D eigenvalue weighted by Crippen LogP contribution is -2.01. The number of aromatic nitrogens is 8. The monoisotopic (exact) mass is 747 g/mol. The summed E-state index contributed by atoms with van der Waals surface area (Å²) in [5.41, 5.74) is 14.8. The second-order valence-corrected chi connectivity index (χ2v) is 15.3. The third kappa shape index (κ3) is 7.83. The lowest BCUT2D eigenvalue weighted by Gasteiger charge is -2.04. The van der Waals surface area contributed by atoms with Crippen LogP contribution >= 0.6 is 22.7 Å². The molecule has 0 spiro atoms. The van der Waals surface area contributed by atoms with Gasteiger partial charge in [-0.05, 0) is 73.9 Å². The molecule has 0 aliphatic heterocycles. The van der Waals surface area contributed by atoms with Crippen LogP contribution in [0.2, 0.25) is 0 Å². The fourth-order valence-corrected chi connectivity index (χ4v) is 8.70. The number of rotatable bonds is 8. The first-order valence-corrected chi connectivity index (χ1v) is 19.1. The number of benzene rings is 2. The Balaban J connectivity index is 0.000000156. The van der Waals surface area contributed by atoms with E-state index in [0.717, 1.165) is 95.5 Å². The number of nitrogens with two attached hydrogens (primary N) is 1. The van der Waals surface area contributed by atoms with Gasteiger partial charge in [0.1, 0.15) is 22.3 Å². The van der Waals surface area contributed by atoms with E-state index in [1.165, 1.54) is 33.3 Å². The molecule has 7 aromatic rings. The van der Waals surface area contributed by atoms with E-state index in [4.69, 9.17) is 30.4 Å². The summed E-state index contributed by atoms with van der Waals surface area (Å²) in [5.74, 6) is 1.87. The fraction of sp³-hybridized carbons (Fsp3) is 0.282. The van der Waals surface area contributed by atoms with Gasteiger partial charge in [0.15, 0.2) is 10.9 Å². The Morgan fingerprint density at radius 1 is 0.698 bits per heavy atom. The van der Waals surface area contributed by atoms with E-state index in [9.17, 15) is 4.39 Å². The van der Waals surface area contributed by atoms with Crippen LogP contribution in [0.4, 0.5) is 9.52 Å². The molecule has 9 rings (SSSR count). The van der Waals surface area contributed by atoms with Crippen molar-refractivity contribution in [2.45, 2.75) is 58.0 Å². The van der Waals surface area contributed by atoms with Crippen molar-refractivity contribution in [3.05, 3.63) is 122 Å². The van der Waals surface area contributed by atoms with E-state index >= 15 is 0 Å². The fourth-order valence-electron chi connectivity index (χ4n) is 6.69. The molecule has 270 valence electrons. The highest BCUT2D eigenvalue weighted by molar-refractivity contribution is 7.15. The number of fused-ring (bicyclic) bond motifs is 6. The molecule has 0 amide bonds. The zero-order valence-corrected chi connectivity index (χ0v) is 31.1. The lowest BCUT2D eigenvalue weighted by atomic mass is 10.1. The number of nitrogens with zero attached hydrogens (tertiary/aromatic N) is 8. The van der Waals surface area contributed by atoms with Crippen LogP contribution in [-0.2, 0) is 45.2 Å². The highest BCUT2D eigenvalue weighted by atomic mass is 32.1. The van der Waals surface area contributed by atoms with E-state index in [1.54, 1.807) is 36.9 Å². The molecule has 2 aliphatic carbocycles. The molecule has 0 radical (unpaired) electrons. The number of halogens is 1. The number of hydrogen-bond donors (Lipinski definition) is 1. The molecule has 0 unspecified atom stereocenters. The standard InChI is InChI=1S/C22H20FN5OS.C17H18N4OS/c1-29-16-7-5-14(6-8-16)12-28-13-17-18(27-28)3-2-4-19-22(17)26-21(30-19)9-20-24-10-15(23)11-25-20;1-22-12-7-5-11(6-8-12)9-21-10-13-14(20-21)3-2-4-15-16(13)19-17(18)23-15/h5-8,10-11,13H,2-4,9,12H2,1H3;5-8,10H,2-4,9H2,1H3,(H2,18,19). The first-order chi connectivity index (χ1) is 25.9. The highest BCUT2D eigenvalue weighted by Crippen LogP contribution is 2.37. The van der Waals surface area contributed by atoms with Crippen LogP contribution < -0.4 is 15.2 Å². The average Bonchev–Trinajstić information content (AvgIpc) is 3.92. The van der Waals surface area contributed by atoms with Crippen molar-refractivity contribution in [3.8, 4) is 34.0 Å². The minimum atomic E-state index is -0.428. The Morgan fingerprint density at radius 2 is 1.21 bits per heavy atom. The van der Waals surface area contributed by atoms with Crippen molar-refractivity contribution in [3.63, 3.8) is 0 Å². The molecule has 5 heterocycles. The molecule has 14 heteroatoms. The van der Waals surface area contributed by atoms with Crippen LogP contribution in [0, 0.1) is 5.82 Å². The minimum absolute atomic E-state index is 0.428. The summed E-state index contributed by atoms with van der Waals surface area (Å²) in [6.45, 7) is 1.44. The first-order valence-electron chi connectivity index (χ1n) is 17.5. The number of anilines is 1. The Morgan fingerprint density at radius 3 is 1.74 bits per heavy atom. The molecular weight excluding hydrogens is 710 g/mol. The summed E-state index contributed by atoms with van der Waals surface area (Å²) in [7, 11) is 3.35. The molecular formula is C39H38FN9O2S2. The summed E-state index contributed by atoms with van der Waals surface area (Å²) in [4.78, 5) is 20.1. The minimum Gasteiger partial charge on any atom is -0.497 e. The first kappa shape index (κ1) is 34.6. The zero-order valence-electron chi connectivity index (χ0n) is 29.5. The third-order valence-corrected chi connectivity index (χ3v) is 11.3. The van der Waals surface area contributed by atoms with Crippen LogP contribution in [0.3, 0.4) is 0 Å². The van der Waals surface area contributed by atoms with Crippen molar-refractivity contribution >= 4 is 27.8 Å². The molecule has 2 N–H and O–H groups in total. The van der Waals surface area contributed by atoms with Crippen molar-refractivity contribution in [2.75, 3.05) is 20.0 Å². The van der Waals surface area contributed by atoms with Crippen molar-refractivity contribution in [1.82, 2.24) is 39.5 Å². The molecule has 0 fully saturated rings. The van der Waals surface area contributed by atoms with Crippen LogP contribution in [0.15, 0.2) is 73.3 Å². The van der Waals surface area contributed by atoms with Crippen LogP contribution in [0.1, 0.15) is 55.9 Å². The Hall–Kier alpha value is -5.47. The van der Waals surface area contributed by atoms with Gasteiger partial charge in [0.25, 0.3) is 0 Å². The average molecular weight is 748 g/mol. The summed E-state index contributed by atoms with van der Waals surface area (Å²) in [6.07, 6.45) is 13.2. The molecule has 11 nitrogen and oxygen atoms in total. The van der Waals surface area contributed by atoms with Gasteiger partial charge in [-0.2, -0.15) is 10.2 Å². The predicted molar refractivity (Wildman–Crippen MR) is 204 cm³/mol. The molecule has 2 aliphatic rings. The van der Waals surface area contributed by atoms with Crippen LogP contribution in [0.25, 0.3) is 22.5 Å². The number of thiazole rings is 2. The van der Waals surface area contributed by atoms with Gasteiger partial charge in [-0.1, -0.05) is 24.3 Å². The molecule has 0 saturated carbocycles. The van der Waals surface area contributed by atoms with Gasteiger partial charge in [0.2, 0.25) is 0 Å². The summed E-state index contributed by atoms with van der Waals surface area (Å²) in [6, 6.07) is 16.1. The Labute approximate surface area is 314 Å². The largest absolute Gasteiger partial charge is 0.497 e. The quantitative estimate of drug-likeness (QED) is 0.171. The lowest BCUT2D eigenvalue weighted by molar-refractivity contribution is 0.414. The number of methoxy groups -OCH3 is 2. The smallest absolute Gasteiger partial charge is 0.180 e. The van der Waals surface area contributed by atoms with Crippen molar-refractivity contribution in [1.29, 1.82) is 0 Å². The van der Waals surface area contributed by atoms with E-state index in [1.807, 2.05) is 33.6 Å².